The Morgan fingerprint density at radius 1 is 0.735 bits per heavy atom. The first kappa shape index (κ1) is 36.4. The molecule has 0 unspecified atom stereocenters. The van der Waals surface area contributed by atoms with Gasteiger partial charge in [-0.05, 0) is 37.1 Å². The van der Waals surface area contributed by atoms with Gasteiger partial charge in [0.25, 0.3) is 0 Å². The number of benzene rings is 2. The van der Waals surface area contributed by atoms with Gasteiger partial charge in [-0.3, -0.25) is 14.4 Å². The maximum Gasteiger partial charge on any atom is 0.244 e. The second-order valence-corrected chi connectivity index (χ2v) is 16.9. The van der Waals surface area contributed by atoms with Crippen molar-refractivity contribution in [3.05, 3.63) is 84.6 Å². The molecular weight excluding hydrogens is 707 g/mol. The van der Waals surface area contributed by atoms with Crippen molar-refractivity contribution in [1.82, 2.24) is 24.1 Å². The number of carbonyl (C=O) groups is 3. The first-order chi connectivity index (χ1) is 23.4. The van der Waals surface area contributed by atoms with Crippen molar-refractivity contribution in [2.75, 3.05) is 45.8 Å². The maximum absolute atomic E-state index is 13.0. The molecule has 12 nitrogen and oxygen atoms in total. The molecule has 0 atom stereocenters. The van der Waals surface area contributed by atoms with Gasteiger partial charge in [0.15, 0.2) is 0 Å². The van der Waals surface area contributed by atoms with E-state index in [9.17, 15) is 31.2 Å². The molecule has 6 rings (SSSR count). The smallest absolute Gasteiger partial charge is 0.244 e. The standard InChI is InChI=1S/C17H19N3O4S2.C16H18N2O3S2.2H2/c1-2-16(21)18-11-17(22)19-7-9-20(10-8-19)26(23,24)15-12-25-14-6-4-3-5-13(14)15;1-2-16(19)17-12-7-9-18(10-8-12)23(20,21)15-11-22-14-6-4-3-5-13(14)15;;/h2-6,12H,1,7-11H2,(H,18,21);2-6,11-12H,1,7-10H2,(H,17,19);2*1H. The van der Waals surface area contributed by atoms with E-state index in [4.69, 9.17) is 0 Å². The molecule has 0 radical (unpaired) electrons. The number of rotatable bonds is 9. The van der Waals surface area contributed by atoms with Crippen molar-refractivity contribution >= 4 is 80.6 Å². The number of amides is 3. The lowest BCUT2D eigenvalue weighted by molar-refractivity contribution is -0.133. The Morgan fingerprint density at radius 2 is 1.20 bits per heavy atom. The van der Waals surface area contributed by atoms with E-state index in [0.29, 0.717) is 48.8 Å². The largest absolute Gasteiger partial charge is 0.350 e. The molecule has 2 aliphatic heterocycles. The van der Waals surface area contributed by atoms with Gasteiger partial charge in [0.05, 0.1) is 6.54 Å². The molecule has 2 fully saturated rings. The second kappa shape index (κ2) is 15.7. The summed E-state index contributed by atoms with van der Waals surface area (Å²) >= 11 is 2.85. The van der Waals surface area contributed by atoms with Crippen LogP contribution in [0.25, 0.3) is 20.2 Å². The SMILES string of the molecule is C=CC(=O)NC1CCN(S(=O)(=O)c2csc3ccccc23)CC1.C=CC(=O)NCC(=O)N1CCN(S(=O)(=O)c2csc3ccccc23)CC1.[HH].[HH]. The average molecular weight is 748 g/mol. The van der Waals surface area contributed by atoms with E-state index < -0.39 is 26.0 Å². The fourth-order valence-electron chi connectivity index (χ4n) is 5.61. The summed E-state index contributed by atoms with van der Waals surface area (Å²) in [4.78, 5) is 36.8. The minimum absolute atomic E-state index is 0. The van der Waals surface area contributed by atoms with Crippen molar-refractivity contribution in [1.29, 1.82) is 0 Å². The third-order valence-corrected chi connectivity index (χ3v) is 14.4. The van der Waals surface area contributed by atoms with Crippen LogP contribution in [-0.2, 0) is 34.4 Å². The fourth-order valence-corrected chi connectivity index (χ4v) is 11.5. The monoisotopic (exact) mass is 747 g/mol. The summed E-state index contributed by atoms with van der Waals surface area (Å²) in [6.45, 7) is 8.51. The molecule has 4 aromatic rings. The summed E-state index contributed by atoms with van der Waals surface area (Å²) < 4.78 is 56.5. The van der Waals surface area contributed by atoms with E-state index in [1.165, 1.54) is 37.4 Å². The zero-order valence-electron chi connectivity index (χ0n) is 26.6. The summed E-state index contributed by atoms with van der Waals surface area (Å²) in [6, 6.07) is 14.9. The van der Waals surface area contributed by atoms with Gasteiger partial charge in [0, 0.05) is 79.1 Å². The zero-order chi connectivity index (χ0) is 35.2. The van der Waals surface area contributed by atoms with Gasteiger partial charge in [-0.1, -0.05) is 49.6 Å². The maximum atomic E-state index is 13.0. The summed E-state index contributed by atoms with van der Waals surface area (Å²) in [5.41, 5.74) is 0. The van der Waals surface area contributed by atoms with E-state index in [2.05, 4.69) is 23.8 Å². The van der Waals surface area contributed by atoms with E-state index in [1.807, 2.05) is 42.5 Å². The average Bonchev–Trinajstić information content (AvgIpc) is 3.77. The number of piperidine rings is 1. The quantitative estimate of drug-likeness (QED) is 0.247. The zero-order valence-corrected chi connectivity index (χ0v) is 29.9. The number of carbonyl (C=O) groups excluding carboxylic acids is 3. The number of fused-ring (bicyclic) bond motifs is 2. The summed E-state index contributed by atoms with van der Waals surface area (Å²) in [7, 11) is -7.09. The molecule has 2 aromatic carbocycles. The van der Waals surface area contributed by atoms with Gasteiger partial charge in [-0.2, -0.15) is 8.61 Å². The Labute approximate surface area is 296 Å². The van der Waals surface area contributed by atoms with Gasteiger partial charge >= 0.3 is 0 Å². The molecule has 0 spiro atoms. The van der Waals surface area contributed by atoms with Crippen molar-refractivity contribution in [2.45, 2.75) is 28.7 Å². The van der Waals surface area contributed by atoms with Crippen molar-refractivity contribution in [3.63, 3.8) is 0 Å². The Hall–Kier alpha value is -3.93. The predicted molar refractivity (Wildman–Crippen MR) is 197 cm³/mol. The molecule has 0 bridgehead atoms. The summed E-state index contributed by atoms with van der Waals surface area (Å²) in [5.74, 6) is -0.864. The number of sulfonamides is 2. The highest BCUT2D eigenvalue weighted by Crippen LogP contribution is 2.33. The fraction of sp³-hybridized carbons (Fsp3) is 0.303. The lowest BCUT2D eigenvalue weighted by atomic mass is 10.1. The highest BCUT2D eigenvalue weighted by atomic mass is 32.2. The summed E-state index contributed by atoms with van der Waals surface area (Å²) in [6.07, 6.45) is 3.56. The van der Waals surface area contributed by atoms with Gasteiger partial charge in [-0.25, -0.2) is 16.8 Å². The van der Waals surface area contributed by atoms with Gasteiger partial charge in [0.2, 0.25) is 37.8 Å². The van der Waals surface area contributed by atoms with Gasteiger partial charge in [-0.15, -0.1) is 22.7 Å². The van der Waals surface area contributed by atoms with Crippen LogP contribution in [0.4, 0.5) is 0 Å². The van der Waals surface area contributed by atoms with Crippen molar-refractivity contribution < 1.29 is 34.1 Å². The third-order valence-electron chi connectivity index (χ3n) is 8.30. The molecule has 2 aromatic heterocycles. The summed E-state index contributed by atoms with van der Waals surface area (Å²) in [5, 5.41) is 10.1. The van der Waals surface area contributed by atoms with Crippen LogP contribution in [0.5, 0.6) is 0 Å². The number of thiophene rings is 2. The molecule has 2 aliphatic rings. The number of hydrogen-bond acceptors (Lipinski definition) is 9. The molecule has 3 amide bonds. The Balaban J connectivity index is 0.000000267. The van der Waals surface area contributed by atoms with Crippen LogP contribution in [0.15, 0.2) is 94.4 Å². The second-order valence-electron chi connectivity index (χ2n) is 11.3. The molecular formula is C33H41N5O7S4. The molecule has 49 heavy (non-hydrogen) atoms. The lowest BCUT2D eigenvalue weighted by Gasteiger charge is -2.34. The minimum atomic E-state index is -3.60. The van der Waals surface area contributed by atoms with Gasteiger partial charge < -0.3 is 15.5 Å². The van der Waals surface area contributed by atoms with Crippen LogP contribution in [0, 0.1) is 0 Å². The Kier molecular flexibility index (Phi) is 11.7. The minimum Gasteiger partial charge on any atom is -0.350 e. The van der Waals surface area contributed by atoms with E-state index >= 15 is 0 Å². The topological polar surface area (TPSA) is 153 Å². The van der Waals surface area contributed by atoms with Crippen molar-refractivity contribution in [3.8, 4) is 0 Å². The van der Waals surface area contributed by atoms with E-state index in [0.717, 1.165) is 26.2 Å². The molecule has 2 saturated heterocycles. The number of nitrogens with one attached hydrogen (secondary N) is 2. The van der Waals surface area contributed by atoms with Crippen LogP contribution in [-0.4, -0.2) is 99.9 Å². The molecule has 2 N–H and O–H groups in total. The number of nitrogens with zero attached hydrogens (tertiary/aromatic N) is 3. The highest BCUT2D eigenvalue weighted by Gasteiger charge is 2.33. The van der Waals surface area contributed by atoms with Crippen LogP contribution >= 0.6 is 22.7 Å². The van der Waals surface area contributed by atoms with E-state index in [-0.39, 0.29) is 40.3 Å². The van der Waals surface area contributed by atoms with Crippen LogP contribution < -0.4 is 10.6 Å². The lowest BCUT2D eigenvalue weighted by Crippen LogP contribution is -2.52. The normalized spacial score (nSPS) is 16.4. The molecule has 16 heteroatoms. The molecule has 0 aliphatic carbocycles. The first-order valence-corrected chi connectivity index (χ1v) is 20.1. The third kappa shape index (κ3) is 8.28. The molecule has 4 heterocycles. The highest BCUT2D eigenvalue weighted by molar-refractivity contribution is 7.89. The Morgan fingerprint density at radius 3 is 1.69 bits per heavy atom. The van der Waals surface area contributed by atoms with Gasteiger partial charge in [0.1, 0.15) is 9.79 Å². The first-order valence-electron chi connectivity index (χ1n) is 15.5. The Bertz CT molecular complexity index is 2090. The van der Waals surface area contributed by atoms with Crippen LogP contribution in [0.2, 0.25) is 0 Å². The number of piperazine rings is 1. The molecule has 264 valence electrons. The molecule has 0 saturated carbocycles. The van der Waals surface area contributed by atoms with Crippen LogP contribution in [0.3, 0.4) is 0 Å². The van der Waals surface area contributed by atoms with E-state index in [1.54, 1.807) is 21.7 Å². The number of hydrogen-bond donors (Lipinski definition) is 2. The van der Waals surface area contributed by atoms with Crippen molar-refractivity contribution in [2.24, 2.45) is 0 Å². The predicted octanol–water partition coefficient (Wildman–Crippen LogP) is 3.89. The van der Waals surface area contributed by atoms with Crippen LogP contribution in [0.1, 0.15) is 15.7 Å².